The number of halogens is 2. The molecule has 0 unspecified atom stereocenters. The van der Waals surface area contributed by atoms with Gasteiger partial charge >= 0.3 is 0 Å². The zero-order valence-corrected chi connectivity index (χ0v) is 11.9. The second-order valence-corrected chi connectivity index (χ2v) is 5.67. The standard InChI is InChI=1S/C16H21F2NO2/c17-13-7-6-11(14(18)9-13)8-16(21)19-15-5-3-1-2-4-12(15)10-20/h6-7,9,12,15,20H,1-5,8,10H2,(H,19,21)/t12-,15+/m0/s1. The molecular weight excluding hydrogens is 276 g/mol. The summed E-state index contributed by atoms with van der Waals surface area (Å²) in [5.74, 6) is -1.58. The van der Waals surface area contributed by atoms with Crippen molar-refractivity contribution in [2.45, 2.75) is 44.6 Å². The smallest absolute Gasteiger partial charge is 0.224 e. The number of nitrogens with one attached hydrogen (secondary N) is 1. The van der Waals surface area contributed by atoms with Gasteiger partial charge in [0, 0.05) is 24.6 Å². The van der Waals surface area contributed by atoms with Crippen LogP contribution in [0.3, 0.4) is 0 Å². The minimum absolute atomic E-state index is 0.0514. The Morgan fingerprint density at radius 1 is 1.24 bits per heavy atom. The summed E-state index contributed by atoms with van der Waals surface area (Å²) >= 11 is 0. The van der Waals surface area contributed by atoms with Crippen molar-refractivity contribution in [3.05, 3.63) is 35.4 Å². The van der Waals surface area contributed by atoms with Crippen molar-refractivity contribution < 1.29 is 18.7 Å². The Balaban J connectivity index is 1.96. The molecule has 2 rings (SSSR count). The molecule has 116 valence electrons. The van der Waals surface area contributed by atoms with Gasteiger partial charge in [0.2, 0.25) is 5.91 Å². The van der Waals surface area contributed by atoms with Gasteiger partial charge in [-0.2, -0.15) is 0 Å². The maximum Gasteiger partial charge on any atom is 0.224 e. The summed E-state index contributed by atoms with van der Waals surface area (Å²) < 4.78 is 26.4. The van der Waals surface area contributed by atoms with E-state index in [2.05, 4.69) is 5.32 Å². The van der Waals surface area contributed by atoms with Crippen molar-refractivity contribution in [2.24, 2.45) is 5.92 Å². The average molecular weight is 297 g/mol. The van der Waals surface area contributed by atoms with Gasteiger partial charge in [-0.05, 0) is 24.5 Å². The summed E-state index contributed by atoms with van der Waals surface area (Å²) in [6.45, 7) is 0.0514. The van der Waals surface area contributed by atoms with Crippen LogP contribution in [0.15, 0.2) is 18.2 Å². The fourth-order valence-electron chi connectivity index (χ4n) is 2.89. The molecule has 1 aromatic rings. The molecule has 21 heavy (non-hydrogen) atoms. The largest absolute Gasteiger partial charge is 0.396 e. The number of aliphatic hydroxyl groups excluding tert-OH is 1. The van der Waals surface area contributed by atoms with Gasteiger partial charge in [-0.3, -0.25) is 4.79 Å². The minimum Gasteiger partial charge on any atom is -0.396 e. The van der Waals surface area contributed by atoms with Crippen LogP contribution >= 0.6 is 0 Å². The highest BCUT2D eigenvalue weighted by atomic mass is 19.1. The highest BCUT2D eigenvalue weighted by molar-refractivity contribution is 5.78. The molecule has 5 heteroatoms. The molecule has 1 saturated carbocycles. The molecule has 1 aliphatic carbocycles. The van der Waals surface area contributed by atoms with E-state index in [9.17, 15) is 18.7 Å². The van der Waals surface area contributed by atoms with Crippen LogP contribution in [-0.4, -0.2) is 23.7 Å². The quantitative estimate of drug-likeness (QED) is 0.839. The number of hydrogen-bond donors (Lipinski definition) is 2. The van der Waals surface area contributed by atoms with Crippen LogP contribution in [0.5, 0.6) is 0 Å². The first-order valence-electron chi connectivity index (χ1n) is 7.44. The normalized spacial score (nSPS) is 22.6. The Bertz CT molecular complexity index is 493. The van der Waals surface area contributed by atoms with E-state index in [-0.39, 0.29) is 36.5 Å². The first kappa shape index (κ1) is 15.9. The molecule has 2 atom stereocenters. The van der Waals surface area contributed by atoms with E-state index >= 15 is 0 Å². The van der Waals surface area contributed by atoms with Crippen LogP contribution in [0, 0.1) is 17.6 Å². The zero-order valence-electron chi connectivity index (χ0n) is 11.9. The van der Waals surface area contributed by atoms with E-state index < -0.39 is 11.6 Å². The monoisotopic (exact) mass is 297 g/mol. The topological polar surface area (TPSA) is 49.3 Å². The molecule has 0 aliphatic heterocycles. The van der Waals surface area contributed by atoms with Crippen LogP contribution in [0.25, 0.3) is 0 Å². The van der Waals surface area contributed by atoms with Crippen molar-refractivity contribution in [3.63, 3.8) is 0 Å². The van der Waals surface area contributed by atoms with E-state index in [1.54, 1.807) is 0 Å². The Hall–Kier alpha value is -1.49. The number of carbonyl (C=O) groups excluding carboxylic acids is 1. The molecule has 0 saturated heterocycles. The van der Waals surface area contributed by atoms with Gasteiger partial charge in [-0.15, -0.1) is 0 Å². The molecule has 1 aromatic carbocycles. The third-order valence-corrected chi connectivity index (χ3v) is 4.11. The van der Waals surface area contributed by atoms with Gasteiger partial charge in [0.15, 0.2) is 0 Å². The minimum atomic E-state index is -0.704. The molecule has 0 spiro atoms. The predicted molar refractivity (Wildman–Crippen MR) is 75.7 cm³/mol. The van der Waals surface area contributed by atoms with Gasteiger partial charge in [-0.1, -0.05) is 25.3 Å². The van der Waals surface area contributed by atoms with Crippen LogP contribution in [0.4, 0.5) is 8.78 Å². The SMILES string of the molecule is O=C(Cc1ccc(F)cc1F)N[C@@H]1CCCCC[C@H]1CO. The molecule has 0 radical (unpaired) electrons. The van der Waals surface area contributed by atoms with Crippen molar-refractivity contribution >= 4 is 5.91 Å². The number of hydrogen-bond acceptors (Lipinski definition) is 2. The fourth-order valence-corrected chi connectivity index (χ4v) is 2.89. The van der Waals surface area contributed by atoms with Crippen molar-refractivity contribution in [2.75, 3.05) is 6.61 Å². The summed E-state index contributed by atoms with van der Waals surface area (Å²) in [5, 5.41) is 12.3. The first-order chi connectivity index (χ1) is 10.1. The number of benzene rings is 1. The van der Waals surface area contributed by atoms with Crippen LogP contribution in [-0.2, 0) is 11.2 Å². The highest BCUT2D eigenvalue weighted by Gasteiger charge is 2.24. The lowest BCUT2D eigenvalue weighted by atomic mass is 9.95. The van der Waals surface area contributed by atoms with E-state index in [1.165, 1.54) is 6.07 Å². The maximum atomic E-state index is 13.5. The van der Waals surface area contributed by atoms with E-state index in [4.69, 9.17) is 0 Å². The maximum absolute atomic E-state index is 13.5. The highest BCUT2D eigenvalue weighted by Crippen LogP contribution is 2.23. The number of amides is 1. The van der Waals surface area contributed by atoms with Gasteiger partial charge in [-0.25, -0.2) is 8.78 Å². The summed E-state index contributed by atoms with van der Waals surface area (Å²) in [5.41, 5.74) is 0.183. The lowest BCUT2D eigenvalue weighted by molar-refractivity contribution is -0.121. The summed E-state index contributed by atoms with van der Waals surface area (Å²) in [4.78, 5) is 12.0. The number of aliphatic hydroxyl groups is 1. The predicted octanol–water partition coefficient (Wildman–Crippen LogP) is 2.56. The van der Waals surface area contributed by atoms with E-state index in [0.717, 1.165) is 44.2 Å². The summed E-state index contributed by atoms with van der Waals surface area (Å²) in [7, 11) is 0. The summed E-state index contributed by atoms with van der Waals surface area (Å²) in [6.07, 6.45) is 4.81. The lowest BCUT2D eigenvalue weighted by Gasteiger charge is -2.24. The Kier molecular flexibility index (Phi) is 5.67. The second-order valence-electron chi connectivity index (χ2n) is 5.67. The fraction of sp³-hybridized carbons (Fsp3) is 0.562. The molecule has 0 aromatic heterocycles. The molecule has 1 fully saturated rings. The number of rotatable bonds is 4. The molecule has 2 N–H and O–H groups in total. The lowest BCUT2D eigenvalue weighted by Crippen LogP contribution is -2.41. The van der Waals surface area contributed by atoms with Gasteiger partial charge in [0.1, 0.15) is 11.6 Å². The van der Waals surface area contributed by atoms with Crippen molar-refractivity contribution in [3.8, 4) is 0 Å². The third-order valence-electron chi connectivity index (χ3n) is 4.11. The van der Waals surface area contributed by atoms with Crippen LogP contribution in [0.2, 0.25) is 0 Å². The Morgan fingerprint density at radius 3 is 2.71 bits per heavy atom. The van der Waals surface area contributed by atoms with Crippen LogP contribution < -0.4 is 5.32 Å². The zero-order chi connectivity index (χ0) is 15.2. The molecule has 1 amide bonds. The molecular formula is C16H21F2NO2. The molecule has 3 nitrogen and oxygen atoms in total. The van der Waals surface area contributed by atoms with Crippen molar-refractivity contribution in [1.29, 1.82) is 0 Å². The number of carbonyl (C=O) groups is 1. The van der Waals surface area contributed by atoms with Gasteiger partial charge in [0.25, 0.3) is 0 Å². The molecule has 0 bridgehead atoms. The van der Waals surface area contributed by atoms with Crippen LogP contribution in [0.1, 0.15) is 37.7 Å². The molecule has 1 aliphatic rings. The molecule has 0 heterocycles. The first-order valence-corrected chi connectivity index (χ1v) is 7.44. The third kappa shape index (κ3) is 4.49. The Labute approximate surface area is 123 Å². The Morgan fingerprint density at radius 2 is 2.00 bits per heavy atom. The summed E-state index contributed by atoms with van der Waals surface area (Å²) in [6, 6.07) is 3.16. The van der Waals surface area contributed by atoms with Crippen molar-refractivity contribution in [1.82, 2.24) is 5.32 Å². The van der Waals surface area contributed by atoms with E-state index in [0.29, 0.717) is 0 Å². The second kappa shape index (κ2) is 7.50. The van der Waals surface area contributed by atoms with Gasteiger partial charge in [0.05, 0.1) is 6.42 Å². The van der Waals surface area contributed by atoms with E-state index in [1.807, 2.05) is 0 Å². The van der Waals surface area contributed by atoms with Gasteiger partial charge < -0.3 is 10.4 Å². The average Bonchev–Trinajstić information content (AvgIpc) is 2.67.